The molecular formula is C12H16N2O6S. The Kier molecular flexibility index (Phi) is 6.41. The Morgan fingerprint density at radius 3 is 1.33 bits per heavy atom. The molecule has 21 heavy (non-hydrogen) atoms. The minimum atomic E-state index is -4.61. The zero-order valence-electron chi connectivity index (χ0n) is 11.7. The van der Waals surface area contributed by atoms with Crippen LogP contribution < -0.4 is 10.6 Å². The Bertz CT molecular complexity index is 570. The van der Waals surface area contributed by atoms with Crippen molar-refractivity contribution in [2.24, 2.45) is 0 Å². The molecule has 0 radical (unpaired) electrons. The van der Waals surface area contributed by atoms with Crippen molar-refractivity contribution in [3.8, 4) is 0 Å². The van der Waals surface area contributed by atoms with Crippen LogP contribution in [-0.2, 0) is 28.4 Å². The number of hydrogen-bond acceptors (Lipinski definition) is 6. The average Bonchev–Trinajstić information content (AvgIpc) is 2.25. The largest absolute Gasteiger partial charge is 0.503 e. The predicted octanol–water partition coefficient (Wildman–Crippen LogP) is 0.591. The molecule has 0 saturated heterocycles. The molecular weight excluding hydrogens is 300 g/mol. The highest BCUT2D eigenvalue weighted by molar-refractivity contribution is 7.82. The Morgan fingerprint density at radius 2 is 1.10 bits per heavy atom. The highest BCUT2D eigenvalue weighted by atomic mass is 32.3. The van der Waals surface area contributed by atoms with E-state index in [0.29, 0.717) is 0 Å². The van der Waals surface area contributed by atoms with Gasteiger partial charge in [-0.25, -0.2) is 0 Å². The summed E-state index contributed by atoms with van der Waals surface area (Å²) in [6, 6.07) is 0. The quantitative estimate of drug-likeness (QED) is 0.501. The van der Waals surface area contributed by atoms with Gasteiger partial charge < -0.3 is 8.37 Å². The van der Waals surface area contributed by atoms with Gasteiger partial charge in [-0.2, -0.15) is 0 Å². The Morgan fingerprint density at radius 1 is 0.810 bits per heavy atom. The highest BCUT2D eigenvalue weighted by Gasteiger charge is 2.19. The van der Waals surface area contributed by atoms with E-state index in [1.165, 1.54) is 13.8 Å². The summed E-state index contributed by atoms with van der Waals surface area (Å²) in [5.74, 6) is -2.54. The van der Waals surface area contributed by atoms with E-state index in [2.05, 4.69) is 34.7 Å². The highest BCUT2D eigenvalue weighted by Crippen LogP contribution is 2.06. The summed E-state index contributed by atoms with van der Waals surface area (Å²) < 4.78 is 31.5. The summed E-state index contributed by atoms with van der Waals surface area (Å²) in [6.45, 7) is 15.8. The molecule has 0 aliphatic rings. The van der Waals surface area contributed by atoms with E-state index >= 15 is 0 Å². The van der Waals surface area contributed by atoms with Gasteiger partial charge in [-0.15, -0.1) is 8.42 Å². The molecule has 0 heterocycles. The second-order valence-electron chi connectivity index (χ2n) is 3.89. The first-order chi connectivity index (χ1) is 9.44. The van der Waals surface area contributed by atoms with Crippen molar-refractivity contribution in [1.29, 1.82) is 0 Å². The van der Waals surface area contributed by atoms with Crippen molar-refractivity contribution >= 4 is 22.2 Å². The van der Waals surface area contributed by atoms with Gasteiger partial charge in [0.2, 0.25) is 11.8 Å². The molecule has 0 bridgehead atoms. The predicted molar refractivity (Wildman–Crippen MR) is 75.3 cm³/mol. The maximum Gasteiger partial charge on any atom is 0.503 e. The first-order valence-corrected chi connectivity index (χ1v) is 6.73. The average molecular weight is 316 g/mol. The standard InChI is InChI=1S/C12H16N2O6S/c1-7(2)11(15)13-9(5)19-21(17,18)20-10(6)14-12(16)8(3)4/h1,3,5-6H2,2,4H3,(H,13,15)(H,14,16). The van der Waals surface area contributed by atoms with E-state index in [4.69, 9.17) is 0 Å². The zero-order valence-corrected chi connectivity index (χ0v) is 12.5. The number of carbonyl (C=O) groups is 2. The molecule has 9 heteroatoms. The Labute approximate surface area is 123 Å². The summed E-state index contributed by atoms with van der Waals surface area (Å²) in [6.07, 6.45) is 0. The minimum absolute atomic E-state index is 0.121. The lowest BCUT2D eigenvalue weighted by Gasteiger charge is -2.12. The van der Waals surface area contributed by atoms with Crippen molar-refractivity contribution in [3.63, 3.8) is 0 Å². The van der Waals surface area contributed by atoms with Gasteiger partial charge in [0.1, 0.15) is 0 Å². The molecule has 2 amide bonds. The van der Waals surface area contributed by atoms with Crippen LogP contribution in [0.1, 0.15) is 13.8 Å². The van der Waals surface area contributed by atoms with E-state index in [9.17, 15) is 18.0 Å². The maximum absolute atomic E-state index is 11.4. The minimum Gasteiger partial charge on any atom is -0.335 e. The first-order valence-electron chi connectivity index (χ1n) is 5.40. The Hall–Kier alpha value is -2.55. The normalized spacial score (nSPS) is 10.0. The van der Waals surface area contributed by atoms with Gasteiger partial charge in [0.05, 0.1) is 0 Å². The van der Waals surface area contributed by atoms with Crippen LogP contribution in [0.15, 0.2) is 49.2 Å². The third-order valence-electron chi connectivity index (χ3n) is 1.69. The number of rotatable bonds is 8. The van der Waals surface area contributed by atoms with Gasteiger partial charge in [0, 0.05) is 11.1 Å². The van der Waals surface area contributed by atoms with E-state index in [1.54, 1.807) is 0 Å². The van der Waals surface area contributed by atoms with E-state index < -0.39 is 34.0 Å². The first kappa shape index (κ1) is 18.4. The molecule has 0 aliphatic heterocycles. The fraction of sp³-hybridized carbons (Fsp3) is 0.167. The number of hydrogen-bond donors (Lipinski definition) is 2. The van der Waals surface area contributed by atoms with Gasteiger partial charge in [0.15, 0.2) is 0 Å². The SMILES string of the molecule is C=C(NC(=O)C(=C)C)OS(=O)(=O)OC(=C)NC(=O)C(=C)C. The molecule has 0 spiro atoms. The monoisotopic (exact) mass is 316 g/mol. The molecule has 2 N–H and O–H groups in total. The number of nitrogens with one attached hydrogen (secondary N) is 2. The lowest BCUT2D eigenvalue weighted by atomic mass is 10.3. The van der Waals surface area contributed by atoms with Crippen LogP contribution in [0, 0.1) is 0 Å². The smallest absolute Gasteiger partial charge is 0.335 e. The third kappa shape index (κ3) is 7.57. The fourth-order valence-electron chi connectivity index (χ4n) is 0.772. The summed E-state index contributed by atoms with van der Waals surface area (Å²) in [7, 11) is -4.61. The fourth-order valence-corrected chi connectivity index (χ4v) is 1.38. The lowest BCUT2D eigenvalue weighted by Crippen LogP contribution is -2.28. The van der Waals surface area contributed by atoms with E-state index in [-0.39, 0.29) is 11.1 Å². The number of amides is 2. The summed E-state index contributed by atoms with van der Waals surface area (Å²) in [5.41, 5.74) is 0.243. The molecule has 0 atom stereocenters. The molecule has 0 aromatic carbocycles. The van der Waals surface area contributed by atoms with Gasteiger partial charge in [-0.3, -0.25) is 20.2 Å². The molecule has 0 fully saturated rings. The molecule has 0 saturated carbocycles. The number of carbonyl (C=O) groups excluding carboxylic acids is 2. The van der Waals surface area contributed by atoms with Crippen LogP contribution in [0.3, 0.4) is 0 Å². The Balaban J connectivity index is 4.57. The van der Waals surface area contributed by atoms with E-state index in [0.717, 1.165) is 0 Å². The van der Waals surface area contributed by atoms with Crippen LogP contribution in [-0.4, -0.2) is 20.2 Å². The van der Waals surface area contributed by atoms with Gasteiger partial charge >= 0.3 is 10.4 Å². The van der Waals surface area contributed by atoms with Gasteiger partial charge in [-0.1, -0.05) is 13.2 Å². The van der Waals surface area contributed by atoms with Crippen molar-refractivity contribution in [2.75, 3.05) is 0 Å². The van der Waals surface area contributed by atoms with Gasteiger partial charge in [-0.05, 0) is 27.0 Å². The van der Waals surface area contributed by atoms with Crippen LogP contribution in [0.4, 0.5) is 0 Å². The molecule has 8 nitrogen and oxygen atoms in total. The maximum atomic E-state index is 11.4. The molecule has 0 aliphatic carbocycles. The summed E-state index contributed by atoms with van der Waals surface area (Å²) >= 11 is 0. The van der Waals surface area contributed by atoms with Crippen LogP contribution in [0.5, 0.6) is 0 Å². The third-order valence-corrected chi connectivity index (χ3v) is 2.50. The lowest BCUT2D eigenvalue weighted by molar-refractivity contribution is -0.117. The van der Waals surface area contributed by atoms with Crippen molar-refractivity contribution in [3.05, 3.63) is 49.2 Å². The second-order valence-corrected chi connectivity index (χ2v) is 5.04. The topological polar surface area (TPSA) is 111 Å². The summed E-state index contributed by atoms with van der Waals surface area (Å²) in [4.78, 5) is 22.4. The molecule has 0 aromatic rings. The van der Waals surface area contributed by atoms with Crippen molar-refractivity contribution in [1.82, 2.24) is 10.6 Å². The molecule has 0 aromatic heterocycles. The summed E-state index contributed by atoms with van der Waals surface area (Å²) in [5, 5.41) is 4.04. The molecule has 0 rings (SSSR count). The van der Waals surface area contributed by atoms with Crippen LogP contribution >= 0.6 is 0 Å². The van der Waals surface area contributed by atoms with Crippen molar-refractivity contribution < 1.29 is 26.4 Å². The van der Waals surface area contributed by atoms with Gasteiger partial charge in [0.25, 0.3) is 11.8 Å². The van der Waals surface area contributed by atoms with Crippen molar-refractivity contribution in [2.45, 2.75) is 13.8 Å². The zero-order chi connectivity index (χ0) is 16.8. The van der Waals surface area contributed by atoms with E-state index in [1.807, 2.05) is 10.6 Å². The van der Waals surface area contributed by atoms with Crippen LogP contribution in [0.2, 0.25) is 0 Å². The molecule has 0 unspecified atom stereocenters. The second kappa shape index (κ2) is 7.29. The molecule has 116 valence electrons. The van der Waals surface area contributed by atoms with Crippen LogP contribution in [0.25, 0.3) is 0 Å².